The summed E-state index contributed by atoms with van der Waals surface area (Å²) in [6.07, 6.45) is -1.24. The molecule has 0 aliphatic heterocycles. The molecule has 2 unspecified atom stereocenters. The number of phenols is 3. The van der Waals surface area contributed by atoms with E-state index in [1.807, 2.05) is 0 Å². The molecule has 7 nitrogen and oxygen atoms in total. The minimum atomic E-state index is -0.728. The van der Waals surface area contributed by atoms with E-state index in [-0.39, 0.29) is 23.0 Å². The number of nitrogens with one attached hydrogen (secondary N) is 2. The fourth-order valence-corrected chi connectivity index (χ4v) is 2.45. The molecule has 0 aromatic heterocycles. The lowest BCUT2D eigenvalue weighted by atomic mass is 10.1. The third-order valence-electron chi connectivity index (χ3n) is 3.80. The molecule has 7 heteroatoms. The first-order valence-electron chi connectivity index (χ1n) is 7.95. The number of ether oxygens (including phenoxy) is 1. The average Bonchev–Trinajstić information content (AvgIpc) is 2.59. The highest BCUT2D eigenvalue weighted by molar-refractivity contribution is 5.44. The molecular formula is C18H24N2O5. The molecule has 0 heterocycles. The van der Waals surface area contributed by atoms with Gasteiger partial charge in [0, 0.05) is 13.1 Å². The normalized spacial score (nSPS) is 13.4. The van der Waals surface area contributed by atoms with Gasteiger partial charge < -0.3 is 35.8 Å². The van der Waals surface area contributed by atoms with Gasteiger partial charge in [-0.25, -0.2) is 0 Å². The number of aromatic hydroxyl groups is 3. The molecule has 2 aromatic rings. The summed E-state index contributed by atoms with van der Waals surface area (Å²) in [6.45, 7) is 0.781. The summed E-state index contributed by atoms with van der Waals surface area (Å²) in [6, 6.07) is 9.10. The molecule has 0 saturated carbocycles. The molecule has 25 heavy (non-hydrogen) atoms. The maximum atomic E-state index is 10.1. The van der Waals surface area contributed by atoms with E-state index in [1.54, 1.807) is 32.3 Å². The van der Waals surface area contributed by atoms with E-state index in [0.29, 0.717) is 24.2 Å². The number of likely N-dealkylation sites (N-methyl/N-ethyl adjacent to an activating group) is 2. The van der Waals surface area contributed by atoms with E-state index in [4.69, 9.17) is 4.74 Å². The van der Waals surface area contributed by atoms with E-state index in [9.17, 15) is 20.4 Å². The first kappa shape index (κ1) is 18.9. The molecule has 2 atom stereocenters. The number of benzene rings is 2. The van der Waals surface area contributed by atoms with Gasteiger partial charge >= 0.3 is 0 Å². The van der Waals surface area contributed by atoms with E-state index >= 15 is 0 Å². The van der Waals surface area contributed by atoms with Crippen LogP contribution in [0.15, 0.2) is 36.4 Å². The third-order valence-corrected chi connectivity index (χ3v) is 3.80. The van der Waals surface area contributed by atoms with Crippen molar-refractivity contribution in [2.75, 3.05) is 27.2 Å². The van der Waals surface area contributed by atoms with Crippen LogP contribution < -0.4 is 15.4 Å². The molecule has 0 saturated heterocycles. The number of aliphatic hydroxyl groups excluding tert-OH is 1. The van der Waals surface area contributed by atoms with Crippen LogP contribution in [-0.4, -0.2) is 47.6 Å². The van der Waals surface area contributed by atoms with Gasteiger partial charge in [-0.1, -0.05) is 12.1 Å². The predicted molar refractivity (Wildman–Crippen MR) is 94.1 cm³/mol. The maximum absolute atomic E-state index is 10.1. The van der Waals surface area contributed by atoms with Crippen molar-refractivity contribution in [3.8, 4) is 23.0 Å². The van der Waals surface area contributed by atoms with Crippen LogP contribution in [0.1, 0.15) is 23.3 Å². The van der Waals surface area contributed by atoms with Crippen LogP contribution in [0.25, 0.3) is 0 Å². The van der Waals surface area contributed by atoms with Crippen molar-refractivity contribution in [1.29, 1.82) is 0 Å². The molecule has 136 valence electrons. The Morgan fingerprint density at radius 2 is 1.48 bits per heavy atom. The highest BCUT2D eigenvalue weighted by Gasteiger charge is 2.18. The van der Waals surface area contributed by atoms with Crippen LogP contribution in [0.5, 0.6) is 23.0 Å². The fourth-order valence-electron chi connectivity index (χ4n) is 2.45. The van der Waals surface area contributed by atoms with E-state index in [0.717, 1.165) is 0 Å². The molecule has 0 aliphatic carbocycles. The van der Waals surface area contributed by atoms with E-state index in [1.165, 1.54) is 18.2 Å². The largest absolute Gasteiger partial charge is 0.504 e. The van der Waals surface area contributed by atoms with Crippen LogP contribution in [0, 0.1) is 0 Å². The van der Waals surface area contributed by atoms with Gasteiger partial charge in [-0.2, -0.15) is 0 Å². The quantitative estimate of drug-likeness (QED) is 0.400. The average molecular weight is 348 g/mol. The van der Waals surface area contributed by atoms with Crippen molar-refractivity contribution in [2.45, 2.75) is 12.2 Å². The third kappa shape index (κ3) is 4.76. The van der Waals surface area contributed by atoms with Crippen molar-refractivity contribution in [2.24, 2.45) is 0 Å². The molecule has 0 bridgehead atoms. The second-order valence-corrected chi connectivity index (χ2v) is 5.71. The first-order valence-corrected chi connectivity index (χ1v) is 7.95. The molecule has 0 radical (unpaired) electrons. The van der Waals surface area contributed by atoms with Gasteiger partial charge in [0.15, 0.2) is 23.0 Å². The van der Waals surface area contributed by atoms with Gasteiger partial charge in [0.2, 0.25) is 0 Å². The van der Waals surface area contributed by atoms with Crippen molar-refractivity contribution in [3.05, 3.63) is 47.5 Å². The molecule has 0 aliphatic rings. The summed E-state index contributed by atoms with van der Waals surface area (Å²) >= 11 is 0. The summed E-state index contributed by atoms with van der Waals surface area (Å²) in [5, 5.41) is 45.2. The lowest BCUT2D eigenvalue weighted by Crippen LogP contribution is -2.22. The number of aliphatic hydroxyl groups is 1. The fraction of sp³-hybridized carbons (Fsp3) is 0.333. The Labute approximate surface area is 146 Å². The molecule has 0 spiro atoms. The molecular weight excluding hydrogens is 324 g/mol. The second-order valence-electron chi connectivity index (χ2n) is 5.71. The van der Waals surface area contributed by atoms with Crippen molar-refractivity contribution in [1.82, 2.24) is 10.6 Å². The van der Waals surface area contributed by atoms with Crippen LogP contribution >= 0.6 is 0 Å². The van der Waals surface area contributed by atoms with Gasteiger partial charge in [0.05, 0.1) is 6.10 Å². The summed E-state index contributed by atoms with van der Waals surface area (Å²) in [5.74, 6) is -0.290. The van der Waals surface area contributed by atoms with E-state index in [2.05, 4.69) is 10.6 Å². The topological polar surface area (TPSA) is 114 Å². The predicted octanol–water partition coefficient (Wildman–Crippen LogP) is 1.40. The van der Waals surface area contributed by atoms with Gasteiger partial charge in [-0.15, -0.1) is 0 Å². The van der Waals surface area contributed by atoms with Gasteiger partial charge in [-0.3, -0.25) is 0 Å². The number of hydrogen-bond acceptors (Lipinski definition) is 7. The number of phenolic OH excluding ortho intramolecular Hbond substituents is 3. The summed E-state index contributed by atoms with van der Waals surface area (Å²) in [4.78, 5) is 0. The summed E-state index contributed by atoms with van der Waals surface area (Å²) in [7, 11) is 3.49. The Balaban J connectivity index is 2.29. The minimum Gasteiger partial charge on any atom is -0.504 e. The lowest BCUT2D eigenvalue weighted by molar-refractivity contribution is 0.173. The lowest BCUT2D eigenvalue weighted by Gasteiger charge is -2.21. The standard InChI is InChI=1S/C18H24N2O5/c1-19-9-16(24)11-3-6-14(22)17(8-11)25-18(10-20-2)12-4-5-13(21)15(23)7-12/h3-8,16,18-24H,9-10H2,1-2H3. The van der Waals surface area contributed by atoms with Crippen molar-refractivity contribution in [3.63, 3.8) is 0 Å². The zero-order valence-electron chi connectivity index (χ0n) is 14.2. The maximum Gasteiger partial charge on any atom is 0.162 e. The van der Waals surface area contributed by atoms with Gasteiger partial charge in [0.1, 0.15) is 6.10 Å². The van der Waals surface area contributed by atoms with E-state index < -0.39 is 12.2 Å². The zero-order chi connectivity index (χ0) is 18.4. The molecule has 0 amide bonds. The smallest absolute Gasteiger partial charge is 0.162 e. The molecule has 6 N–H and O–H groups in total. The summed E-state index contributed by atoms with van der Waals surface area (Å²) in [5.41, 5.74) is 1.24. The van der Waals surface area contributed by atoms with Crippen LogP contribution in [0.2, 0.25) is 0 Å². The molecule has 2 rings (SSSR count). The highest BCUT2D eigenvalue weighted by Crippen LogP contribution is 2.34. The van der Waals surface area contributed by atoms with Crippen molar-refractivity contribution < 1.29 is 25.2 Å². The molecule has 0 fully saturated rings. The first-order chi connectivity index (χ1) is 12.0. The Morgan fingerprint density at radius 1 is 0.840 bits per heavy atom. The highest BCUT2D eigenvalue weighted by atomic mass is 16.5. The van der Waals surface area contributed by atoms with Crippen LogP contribution in [0.3, 0.4) is 0 Å². The monoisotopic (exact) mass is 348 g/mol. The number of rotatable bonds is 8. The Kier molecular flexibility index (Phi) is 6.46. The number of hydrogen-bond donors (Lipinski definition) is 6. The van der Waals surface area contributed by atoms with Gasteiger partial charge in [0.25, 0.3) is 0 Å². The molecule has 2 aromatic carbocycles. The Bertz CT molecular complexity index is 708. The second kappa shape index (κ2) is 8.57. The van der Waals surface area contributed by atoms with Crippen molar-refractivity contribution >= 4 is 0 Å². The van der Waals surface area contributed by atoms with Crippen LogP contribution in [0.4, 0.5) is 0 Å². The van der Waals surface area contributed by atoms with Gasteiger partial charge in [-0.05, 0) is 49.5 Å². The summed E-state index contributed by atoms with van der Waals surface area (Å²) < 4.78 is 5.90. The SMILES string of the molecule is CNCC(O)c1ccc(O)c(OC(CNC)c2ccc(O)c(O)c2)c1. The zero-order valence-corrected chi connectivity index (χ0v) is 14.2. The van der Waals surface area contributed by atoms with Crippen LogP contribution in [-0.2, 0) is 0 Å². The Hall–Kier alpha value is -2.48. The Morgan fingerprint density at radius 3 is 2.12 bits per heavy atom. The minimum absolute atomic E-state index is 0.0514.